The summed E-state index contributed by atoms with van der Waals surface area (Å²) in [5.41, 5.74) is -6.07. The average molecular weight is 496 g/mol. The summed E-state index contributed by atoms with van der Waals surface area (Å²) in [6, 6.07) is 9.30. The minimum Gasteiger partial charge on any atom is -0.479 e. The fourth-order valence-corrected chi connectivity index (χ4v) is 4.81. The molecule has 12 heteroatoms. The van der Waals surface area contributed by atoms with E-state index in [9.17, 15) is 50.1 Å². The van der Waals surface area contributed by atoms with E-state index in [4.69, 9.17) is 9.47 Å². The number of hydrogen-bond donors (Lipinski definition) is 7. The largest absolute Gasteiger partial charge is 0.479 e. The van der Waals surface area contributed by atoms with Gasteiger partial charge in [-0.15, -0.1) is 0 Å². The number of carboxylic acids is 3. The Morgan fingerprint density at radius 3 is 2.17 bits per heavy atom. The molecule has 1 aromatic rings. The Labute approximate surface area is 199 Å². The van der Waals surface area contributed by atoms with Crippen LogP contribution in [0.25, 0.3) is 0 Å². The minimum absolute atomic E-state index is 0.183. The lowest BCUT2D eigenvalue weighted by atomic mass is 9.74. The lowest BCUT2D eigenvalue weighted by Crippen LogP contribution is -2.77. The molecule has 0 aromatic heterocycles. The van der Waals surface area contributed by atoms with Crippen molar-refractivity contribution < 1.29 is 59.6 Å². The normalized spacial score (nSPS) is 35.7. The summed E-state index contributed by atoms with van der Waals surface area (Å²) >= 11 is 0. The standard InChI is InChI=1S/C23H28O12/c1-11(14(24)12(2)10-13-6-4-3-5-7-13)8-9-21-15(25)16(26)23(35-21,20(31)32)22(33,19(29)30)17(34-21)18(27)28/h3-7,12,14-17,24-26,33H,1,8-10H2,2H3,(H,27,28)(H,29,30)(H,31,32)/t12-,14-,15-,16-,17-,21+,22-,23+/m1/s1. The van der Waals surface area contributed by atoms with Crippen molar-refractivity contribution in [1.29, 1.82) is 0 Å². The average Bonchev–Trinajstić information content (AvgIpc) is 3.00. The number of aliphatic hydroxyl groups excluding tert-OH is 3. The van der Waals surface area contributed by atoms with Crippen LogP contribution >= 0.6 is 0 Å². The van der Waals surface area contributed by atoms with Crippen molar-refractivity contribution in [2.75, 3.05) is 0 Å². The van der Waals surface area contributed by atoms with Gasteiger partial charge in [-0.3, -0.25) is 0 Å². The van der Waals surface area contributed by atoms with E-state index in [1.165, 1.54) is 0 Å². The molecule has 0 aliphatic carbocycles. The summed E-state index contributed by atoms with van der Waals surface area (Å²) in [6.45, 7) is 5.58. The summed E-state index contributed by atoms with van der Waals surface area (Å²) in [6.07, 6.45) is -8.79. The first kappa shape index (κ1) is 26.7. The van der Waals surface area contributed by atoms with Crippen LogP contribution in [0.4, 0.5) is 0 Å². The van der Waals surface area contributed by atoms with E-state index in [0.29, 0.717) is 6.42 Å². The fourth-order valence-electron chi connectivity index (χ4n) is 4.81. The van der Waals surface area contributed by atoms with Crippen LogP contribution < -0.4 is 0 Å². The van der Waals surface area contributed by atoms with E-state index in [0.717, 1.165) is 5.56 Å². The van der Waals surface area contributed by atoms with Gasteiger partial charge in [-0.25, -0.2) is 14.4 Å². The minimum atomic E-state index is -3.79. The van der Waals surface area contributed by atoms with E-state index >= 15 is 0 Å². The highest BCUT2D eigenvalue weighted by Gasteiger charge is 2.84. The van der Waals surface area contributed by atoms with Crippen LogP contribution in [0, 0.1) is 5.92 Å². The van der Waals surface area contributed by atoms with Crippen molar-refractivity contribution in [2.45, 2.75) is 67.6 Å². The van der Waals surface area contributed by atoms with Gasteiger partial charge in [-0.05, 0) is 29.9 Å². The molecular formula is C23H28O12. The summed E-state index contributed by atoms with van der Waals surface area (Å²) in [5.74, 6) is -9.43. The van der Waals surface area contributed by atoms with Crippen LogP contribution in [-0.4, -0.2) is 95.1 Å². The van der Waals surface area contributed by atoms with Gasteiger partial charge >= 0.3 is 17.9 Å². The Kier molecular flexibility index (Phi) is 7.10. The molecule has 0 saturated carbocycles. The van der Waals surface area contributed by atoms with Gasteiger partial charge in [0.1, 0.15) is 12.2 Å². The lowest BCUT2D eigenvalue weighted by molar-refractivity contribution is -0.374. The third kappa shape index (κ3) is 4.01. The molecule has 8 atom stereocenters. The zero-order chi connectivity index (χ0) is 26.3. The molecule has 2 bridgehead atoms. The third-order valence-corrected chi connectivity index (χ3v) is 6.78. The van der Waals surface area contributed by atoms with Crippen molar-refractivity contribution in [1.82, 2.24) is 0 Å². The molecule has 35 heavy (non-hydrogen) atoms. The topological polar surface area (TPSA) is 211 Å². The number of aliphatic hydroxyl groups is 4. The second-order valence-corrected chi connectivity index (χ2v) is 9.02. The SMILES string of the molecule is C=C(CC[C@]12O[C@H](C(=O)O)[C@@](O)(C(=O)O)[C@](C(=O)O)(O1)[C@H](O)[C@H]2O)[C@@H](O)[C@H](C)Cc1ccccc1. The number of benzene rings is 1. The van der Waals surface area contributed by atoms with Gasteiger partial charge in [0, 0.05) is 6.42 Å². The zero-order valence-corrected chi connectivity index (χ0v) is 18.8. The van der Waals surface area contributed by atoms with Gasteiger partial charge in [0.25, 0.3) is 0 Å². The van der Waals surface area contributed by atoms with Gasteiger partial charge in [0.05, 0.1) is 6.10 Å². The summed E-state index contributed by atoms with van der Waals surface area (Å²) in [7, 11) is 0. The van der Waals surface area contributed by atoms with Crippen molar-refractivity contribution in [2.24, 2.45) is 5.92 Å². The van der Waals surface area contributed by atoms with E-state index in [2.05, 4.69) is 6.58 Å². The highest BCUT2D eigenvalue weighted by atomic mass is 16.8. The molecular weight excluding hydrogens is 468 g/mol. The fraction of sp³-hybridized carbons (Fsp3) is 0.522. The molecule has 0 radical (unpaired) electrons. The molecule has 2 saturated heterocycles. The molecule has 12 nitrogen and oxygen atoms in total. The maximum atomic E-state index is 12.1. The van der Waals surface area contributed by atoms with Crippen LogP contribution in [0.2, 0.25) is 0 Å². The molecule has 0 amide bonds. The maximum absolute atomic E-state index is 12.1. The first-order valence-electron chi connectivity index (χ1n) is 10.8. The zero-order valence-electron chi connectivity index (χ0n) is 18.8. The number of carbonyl (C=O) groups is 3. The molecule has 7 N–H and O–H groups in total. The van der Waals surface area contributed by atoms with Gasteiger partial charge < -0.3 is 45.2 Å². The quantitative estimate of drug-likeness (QED) is 0.197. The molecule has 2 heterocycles. The summed E-state index contributed by atoms with van der Waals surface area (Å²) < 4.78 is 10.5. The van der Waals surface area contributed by atoms with E-state index in [1.54, 1.807) is 6.92 Å². The highest BCUT2D eigenvalue weighted by molar-refractivity contribution is 5.97. The molecule has 1 aromatic carbocycles. The van der Waals surface area contributed by atoms with Crippen molar-refractivity contribution >= 4 is 17.9 Å². The lowest BCUT2D eigenvalue weighted by Gasteiger charge is -2.48. The van der Waals surface area contributed by atoms with Crippen molar-refractivity contribution in [3.8, 4) is 0 Å². The Balaban J connectivity index is 1.87. The van der Waals surface area contributed by atoms with Gasteiger partial charge in [0.2, 0.25) is 17.3 Å². The second-order valence-electron chi connectivity index (χ2n) is 9.02. The number of carboxylic acid groups (broad SMARTS) is 3. The molecule has 2 aliphatic rings. The maximum Gasteiger partial charge on any atom is 0.343 e. The highest BCUT2D eigenvalue weighted by Crippen LogP contribution is 2.54. The van der Waals surface area contributed by atoms with Crippen LogP contribution in [0.5, 0.6) is 0 Å². The number of aliphatic carboxylic acids is 3. The van der Waals surface area contributed by atoms with E-state index in [-0.39, 0.29) is 17.9 Å². The van der Waals surface area contributed by atoms with Gasteiger partial charge in [-0.1, -0.05) is 43.8 Å². The van der Waals surface area contributed by atoms with Crippen LogP contribution in [0.15, 0.2) is 42.5 Å². The third-order valence-electron chi connectivity index (χ3n) is 6.78. The smallest absolute Gasteiger partial charge is 0.343 e. The Hall–Kier alpha value is -2.87. The monoisotopic (exact) mass is 496 g/mol. The number of ether oxygens (including phenoxy) is 2. The molecule has 3 rings (SSSR count). The summed E-state index contributed by atoms with van der Waals surface area (Å²) in [4.78, 5) is 35.8. The summed E-state index contributed by atoms with van der Waals surface area (Å²) in [5, 5.41) is 71.4. The molecule has 2 aliphatic heterocycles. The number of fused-ring (bicyclic) bond motifs is 2. The Morgan fingerprint density at radius 2 is 1.66 bits per heavy atom. The van der Waals surface area contributed by atoms with Crippen LogP contribution in [-0.2, 0) is 30.3 Å². The predicted molar refractivity (Wildman–Crippen MR) is 115 cm³/mol. The van der Waals surface area contributed by atoms with E-state index in [1.807, 2.05) is 30.3 Å². The number of hydrogen-bond acceptors (Lipinski definition) is 9. The first-order chi connectivity index (χ1) is 16.2. The molecule has 192 valence electrons. The van der Waals surface area contributed by atoms with Crippen LogP contribution in [0.1, 0.15) is 25.3 Å². The van der Waals surface area contributed by atoms with Gasteiger partial charge in [0.15, 0.2) is 5.79 Å². The molecule has 0 spiro atoms. The molecule has 2 fully saturated rings. The first-order valence-corrected chi connectivity index (χ1v) is 10.8. The van der Waals surface area contributed by atoms with Crippen LogP contribution in [0.3, 0.4) is 0 Å². The van der Waals surface area contributed by atoms with Gasteiger partial charge in [-0.2, -0.15) is 0 Å². The second kappa shape index (κ2) is 9.30. The van der Waals surface area contributed by atoms with E-state index < -0.39 is 65.7 Å². The molecule has 0 unspecified atom stereocenters. The Bertz CT molecular complexity index is 1010. The van der Waals surface area contributed by atoms with Crippen molar-refractivity contribution in [3.63, 3.8) is 0 Å². The Morgan fingerprint density at radius 1 is 1.06 bits per heavy atom. The predicted octanol–water partition coefficient (Wildman–Crippen LogP) is -0.867. The number of rotatable bonds is 10. The van der Waals surface area contributed by atoms with Crippen molar-refractivity contribution in [3.05, 3.63) is 48.0 Å².